The topological polar surface area (TPSA) is 92.0 Å². The van der Waals surface area contributed by atoms with E-state index in [0.29, 0.717) is 37.0 Å². The smallest absolute Gasteiger partial charge is 0.346 e. The summed E-state index contributed by atoms with van der Waals surface area (Å²) in [5.41, 5.74) is 3.67. The first kappa shape index (κ1) is 29.5. The van der Waals surface area contributed by atoms with Crippen molar-refractivity contribution < 1.29 is 19.0 Å². The van der Waals surface area contributed by atoms with Crippen LogP contribution in [0.25, 0.3) is 22.3 Å². The van der Waals surface area contributed by atoms with E-state index in [2.05, 4.69) is 50.8 Å². The molecule has 0 fully saturated rings. The summed E-state index contributed by atoms with van der Waals surface area (Å²) < 4.78 is 18.6. The van der Waals surface area contributed by atoms with Crippen LogP contribution < -0.4 is 15.0 Å². The molecule has 1 atom stereocenters. The lowest BCUT2D eigenvalue weighted by Gasteiger charge is -2.17. The Kier molecular flexibility index (Phi) is 9.10. The van der Waals surface area contributed by atoms with E-state index < -0.39 is 12.1 Å². The van der Waals surface area contributed by atoms with E-state index in [4.69, 9.17) is 19.2 Å². The van der Waals surface area contributed by atoms with Gasteiger partial charge in [-0.05, 0) is 105 Å². The molecule has 0 saturated heterocycles. The van der Waals surface area contributed by atoms with Crippen LogP contribution in [0.3, 0.4) is 0 Å². The Labute approximate surface area is 249 Å². The van der Waals surface area contributed by atoms with Crippen LogP contribution in [0.2, 0.25) is 0 Å². The highest BCUT2D eigenvalue weighted by Gasteiger charge is 2.20. The molecule has 0 radical (unpaired) electrons. The van der Waals surface area contributed by atoms with Crippen LogP contribution in [0.15, 0.2) is 67.4 Å². The summed E-state index contributed by atoms with van der Waals surface area (Å²) >= 11 is 7.01. The lowest BCUT2D eigenvalue weighted by Crippen LogP contribution is -2.25. The maximum Gasteiger partial charge on any atom is 0.346 e. The molecule has 1 aromatic heterocycles. The molecule has 208 valence electrons. The molecule has 0 N–H and O–H groups in total. The maximum atomic E-state index is 13.7. The third-order valence-corrected chi connectivity index (χ3v) is 7.54. The monoisotopic (exact) mass is 669 g/mol. The second-order valence-electron chi connectivity index (χ2n) is 9.47. The normalized spacial score (nSPS) is 12.2. The largest absolute Gasteiger partial charge is 0.496 e. The number of fused-ring (bicyclic) bond motifs is 1. The molecule has 4 rings (SSSR count). The molecular weight excluding hydrogens is 642 g/mol. The average Bonchev–Trinajstić information content (AvgIpc) is 2.93. The molecule has 0 amide bonds. The van der Waals surface area contributed by atoms with Crippen molar-refractivity contribution in [3.63, 3.8) is 0 Å². The van der Waals surface area contributed by atoms with Crippen molar-refractivity contribution in [1.82, 2.24) is 9.66 Å². The van der Waals surface area contributed by atoms with Gasteiger partial charge in [-0.2, -0.15) is 9.78 Å². The Morgan fingerprint density at radius 2 is 1.73 bits per heavy atom. The van der Waals surface area contributed by atoms with Crippen molar-refractivity contribution in [1.29, 1.82) is 0 Å². The minimum Gasteiger partial charge on any atom is -0.496 e. The predicted molar refractivity (Wildman–Crippen MR) is 164 cm³/mol. The molecule has 40 heavy (non-hydrogen) atoms. The van der Waals surface area contributed by atoms with Crippen molar-refractivity contribution in [3.8, 4) is 22.9 Å². The number of hydrogen-bond acceptors (Lipinski definition) is 7. The number of aromatic nitrogens is 2. The fourth-order valence-electron chi connectivity index (χ4n) is 4.25. The Morgan fingerprint density at radius 3 is 2.35 bits per heavy atom. The second kappa shape index (κ2) is 12.3. The predicted octanol–water partition coefficient (Wildman–Crippen LogP) is 6.85. The fourth-order valence-corrected chi connectivity index (χ4v) is 5.66. The number of esters is 1. The molecule has 0 bridgehead atoms. The molecule has 10 heteroatoms. The van der Waals surface area contributed by atoms with Gasteiger partial charge >= 0.3 is 5.97 Å². The summed E-state index contributed by atoms with van der Waals surface area (Å²) in [6, 6.07) is 14.8. The molecule has 0 saturated carbocycles. The van der Waals surface area contributed by atoms with Crippen molar-refractivity contribution in [2.75, 3.05) is 14.2 Å². The van der Waals surface area contributed by atoms with Crippen molar-refractivity contribution >= 4 is 54.9 Å². The van der Waals surface area contributed by atoms with Gasteiger partial charge in [-0.15, -0.1) is 0 Å². The third kappa shape index (κ3) is 5.97. The van der Waals surface area contributed by atoms with E-state index in [0.717, 1.165) is 22.4 Å². The summed E-state index contributed by atoms with van der Waals surface area (Å²) in [7, 11) is 2.96. The first-order valence-electron chi connectivity index (χ1n) is 12.5. The van der Waals surface area contributed by atoms with Gasteiger partial charge in [-0.3, -0.25) is 4.79 Å². The van der Waals surface area contributed by atoms with Crippen LogP contribution in [0.4, 0.5) is 0 Å². The number of halogens is 2. The molecule has 8 nitrogen and oxygen atoms in total. The molecule has 4 aromatic rings. The SMILES string of the molecule is COC(=O)[C@H](C)Oc1c(Br)cc(C=Nn2c(-c3cc(C(C)C)c(OC)cc3C)nc3ccccc3c2=O)cc1Br. The lowest BCUT2D eigenvalue weighted by atomic mass is 9.96. The molecule has 0 aliphatic carbocycles. The standard InChI is InChI=1S/C30H29Br2N3O5/c1-16(2)21-14-22(17(3)11-26(21)38-5)28-34-25-10-8-7-9-20(25)29(36)35(28)33-15-19-12-23(31)27(24(32)13-19)40-18(4)30(37)39-6/h7-16,18H,1-6H3/t18-/m0/s1. The average molecular weight is 671 g/mol. The van der Waals surface area contributed by atoms with Gasteiger partial charge in [0.05, 0.1) is 40.3 Å². The van der Waals surface area contributed by atoms with Gasteiger partial charge in [0, 0.05) is 5.56 Å². The van der Waals surface area contributed by atoms with Gasteiger partial charge in [-0.1, -0.05) is 26.0 Å². The zero-order valence-electron chi connectivity index (χ0n) is 23.0. The van der Waals surface area contributed by atoms with Gasteiger partial charge < -0.3 is 14.2 Å². The number of hydrogen-bond donors (Lipinski definition) is 0. The Bertz CT molecular complexity index is 1660. The second-order valence-corrected chi connectivity index (χ2v) is 11.2. The van der Waals surface area contributed by atoms with Crippen molar-refractivity contribution in [2.45, 2.75) is 39.7 Å². The summed E-state index contributed by atoms with van der Waals surface area (Å²) in [6.45, 7) is 7.74. The van der Waals surface area contributed by atoms with E-state index in [9.17, 15) is 9.59 Å². The Hall–Kier alpha value is -3.50. The molecule has 3 aromatic carbocycles. The van der Waals surface area contributed by atoms with Gasteiger partial charge in [0.1, 0.15) is 11.5 Å². The summed E-state index contributed by atoms with van der Waals surface area (Å²) in [4.78, 5) is 30.4. The minimum atomic E-state index is -0.801. The zero-order valence-corrected chi connectivity index (χ0v) is 26.2. The highest BCUT2D eigenvalue weighted by atomic mass is 79.9. The van der Waals surface area contributed by atoms with Crippen LogP contribution >= 0.6 is 31.9 Å². The molecule has 0 aliphatic heterocycles. The van der Waals surface area contributed by atoms with Gasteiger partial charge in [0.25, 0.3) is 5.56 Å². The van der Waals surface area contributed by atoms with Crippen LogP contribution in [-0.2, 0) is 9.53 Å². The number of rotatable bonds is 8. The third-order valence-electron chi connectivity index (χ3n) is 6.36. The van der Waals surface area contributed by atoms with Crippen LogP contribution in [0.5, 0.6) is 11.5 Å². The van der Waals surface area contributed by atoms with E-state index in [-0.39, 0.29) is 11.5 Å². The van der Waals surface area contributed by atoms with Gasteiger partial charge in [0.15, 0.2) is 11.9 Å². The Balaban J connectivity index is 1.86. The van der Waals surface area contributed by atoms with E-state index >= 15 is 0 Å². The van der Waals surface area contributed by atoms with Gasteiger partial charge in [0.2, 0.25) is 0 Å². The highest BCUT2D eigenvalue weighted by molar-refractivity contribution is 9.11. The number of aryl methyl sites for hydroxylation is 1. The summed E-state index contributed by atoms with van der Waals surface area (Å²) in [5.74, 6) is 1.35. The van der Waals surface area contributed by atoms with Crippen molar-refractivity contribution in [2.24, 2.45) is 5.10 Å². The van der Waals surface area contributed by atoms with E-state index in [1.807, 2.05) is 31.2 Å². The quantitative estimate of drug-likeness (QED) is 0.150. The van der Waals surface area contributed by atoms with Crippen molar-refractivity contribution in [3.05, 3.63) is 84.5 Å². The Morgan fingerprint density at radius 1 is 1.05 bits per heavy atom. The van der Waals surface area contributed by atoms with Crippen LogP contribution in [0, 0.1) is 6.92 Å². The zero-order chi connectivity index (χ0) is 29.1. The minimum absolute atomic E-state index is 0.191. The van der Waals surface area contributed by atoms with E-state index in [1.54, 1.807) is 44.5 Å². The molecule has 0 aliphatic rings. The molecule has 1 heterocycles. The molecule has 0 spiro atoms. The highest BCUT2D eigenvalue weighted by Crippen LogP contribution is 2.36. The number of carbonyl (C=O) groups excluding carboxylic acids is 1. The number of carbonyl (C=O) groups is 1. The maximum absolute atomic E-state index is 13.7. The molecular formula is C30H29Br2N3O5. The number of methoxy groups -OCH3 is 2. The summed E-state index contributed by atoms with van der Waals surface area (Å²) in [6.07, 6.45) is 0.775. The lowest BCUT2D eigenvalue weighted by molar-refractivity contribution is -0.147. The first-order valence-corrected chi connectivity index (χ1v) is 14.1. The number of ether oxygens (including phenoxy) is 3. The number of benzene rings is 3. The van der Waals surface area contributed by atoms with Crippen LogP contribution in [-0.4, -0.2) is 42.2 Å². The number of para-hydroxylation sites is 1. The number of nitrogens with zero attached hydrogens (tertiary/aromatic N) is 3. The van der Waals surface area contributed by atoms with E-state index in [1.165, 1.54) is 11.8 Å². The van der Waals surface area contributed by atoms with Gasteiger partial charge in [-0.25, -0.2) is 9.78 Å². The molecule has 0 unspecified atom stereocenters. The van der Waals surface area contributed by atoms with Crippen LogP contribution in [0.1, 0.15) is 43.4 Å². The summed E-state index contributed by atoms with van der Waals surface area (Å²) in [5, 5.41) is 5.06. The first-order chi connectivity index (χ1) is 19.0. The fraction of sp³-hybridized carbons (Fsp3) is 0.267.